The quantitative estimate of drug-likeness (QED) is 0.782. The van der Waals surface area contributed by atoms with E-state index in [1.165, 1.54) is 0 Å². The third-order valence-corrected chi connectivity index (χ3v) is 2.93. The lowest BCUT2D eigenvalue weighted by molar-refractivity contribution is -0.125. The van der Waals surface area contributed by atoms with Gasteiger partial charge in [0.25, 0.3) is 0 Å². The molecule has 16 heavy (non-hydrogen) atoms. The first kappa shape index (κ1) is 13.7. The molecular formula is C10H20F3N3. The average Bonchev–Trinajstić information content (AvgIpc) is 2.16. The molecule has 0 saturated carbocycles. The molecule has 0 aliphatic carbocycles. The van der Waals surface area contributed by atoms with Crippen LogP contribution < -0.4 is 5.32 Å². The summed E-state index contributed by atoms with van der Waals surface area (Å²) in [4.78, 5) is 4.45. The second-order valence-electron chi connectivity index (χ2n) is 4.43. The van der Waals surface area contributed by atoms with E-state index in [9.17, 15) is 13.2 Å². The van der Waals surface area contributed by atoms with E-state index in [0.717, 1.165) is 26.2 Å². The maximum atomic E-state index is 11.9. The number of piperazine rings is 1. The van der Waals surface area contributed by atoms with Crippen LogP contribution in [0, 0.1) is 0 Å². The van der Waals surface area contributed by atoms with Crippen molar-refractivity contribution >= 4 is 0 Å². The fourth-order valence-corrected chi connectivity index (χ4v) is 1.81. The molecule has 1 saturated heterocycles. The summed E-state index contributed by atoms with van der Waals surface area (Å²) in [6, 6.07) is 0.163. The molecule has 1 N–H and O–H groups in total. The van der Waals surface area contributed by atoms with Crippen molar-refractivity contribution in [1.82, 2.24) is 15.1 Å². The molecule has 96 valence electrons. The number of rotatable bonds is 4. The third-order valence-electron chi connectivity index (χ3n) is 2.93. The fraction of sp³-hybridized carbons (Fsp3) is 1.00. The van der Waals surface area contributed by atoms with Crippen molar-refractivity contribution in [3.8, 4) is 0 Å². The molecule has 0 radical (unpaired) electrons. The number of alkyl halides is 3. The molecule has 6 heteroatoms. The summed E-state index contributed by atoms with van der Waals surface area (Å²) < 4.78 is 35.8. The first-order valence-electron chi connectivity index (χ1n) is 5.58. The van der Waals surface area contributed by atoms with Crippen LogP contribution in [-0.2, 0) is 0 Å². The maximum Gasteiger partial charge on any atom is 0.401 e. The van der Waals surface area contributed by atoms with Gasteiger partial charge in [0.15, 0.2) is 0 Å². The van der Waals surface area contributed by atoms with Gasteiger partial charge in [0.2, 0.25) is 0 Å². The molecule has 1 atom stereocenters. The molecule has 1 fully saturated rings. The molecule has 0 amide bonds. The summed E-state index contributed by atoms with van der Waals surface area (Å²) >= 11 is 0. The van der Waals surface area contributed by atoms with Gasteiger partial charge in [0.1, 0.15) is 0 Å². The lowest BCUT2D eigenvalue weighted by Gasteiger charge is -2.36. The summed E-state index contributed by atoms with van der Waals surface area (Å²) in [5, 5.41) is 2.45. The number of nitrogens with zero attached hydrogens (tertiary/aromatic N) is 2. The summed E-state index contributed by atoms with van der Waals surface area (Å²) in [5.41, 5.74) is 0. The van der Waals surface area contributed by atoms with Crippen molar-refractivity contribution in [1.29, 1.82) is 0 Å². The Bertz CT molecular complexity index is 200. The zero-order valence-electron chi connectivity index (χ0n) is 9.85. The Morgan fingerprint density at radius 1 is 1.19 bits per heavy atom. The highest BCUT2D eigenvalue weighted by Crippen LogP contribution is 2.12. The highest BCUT2D eigenvalue weighted by molar-refractivity contribution is 4.76. The van der Waals surface area contributed by atoms with Crippen LogP contribution in [0.2, 0.25) is 0 Å². The Kier molecular flexibility index (Phi) is 5.01. The topological polar surface area (TPSA) is 18.5 Å². The number of halogens is 3. The number of likely N-dealkylation sites (N-methyl/N-ethyl adjacent to an activating group) is 1. The van der Waals surface area contributed by atoms with Gasteiger partial charge in [-0.3, -0.25) is 4.90 Å². The van der Waals surface area contributed by atoms with Crippen LogP contribution in [-0.4, -0.2) is 68.3 Å². The molecule has 0 bridgehead atoms. The van der Waals surface area contributed by atoms with Gasteiger partial charge in [-0.05, 0) is 14.0 Å². The molecule has 1 aliphatic rings. The highest BCUT2D eigenvalue weighted by Gasteiger charge is 2.27. The Balaban J connectivity index is 2.17. The second kappa shape index (κ2) is 5.84. The van der Waals surface area contributed by atoms with Crippen molar-refractivity contribution in [2.75, 3.05) is 46.3 Å². The lowest BCUT2D eigenvalue weighted by Crippen LogP contribution is -2.51. The van der Waals surface area contributed by atoms with Gasteiger partial charge in [0, 0.05) is 38.8 Å². The van der Waals surface area contributed by atoms with Crippen molar-refractivity contribution in [2.45, 2.75) is 19.1 Å². The molecule has 1 aliphatic heterocycles. The van der Waals surface area contributed by atoms with Crippen LogP contribution in [0.4, 0.5) is 13.2 Å². The van der Waals surface area contributed by atoms with Crippen LogP contribution in [0.5, 0.6) is 0 Å². The van der Waals surface area contributed by atoms with E-state index >= 15 is 0 Å². The zero-order chi connectivity index (χ0) is 12.2. The van der Waals surface area contributed by atoms with Gasteiger partial charge in [-0.25, -0.2) is 0 Å². The lowest BCUT2D eigenvalue weighted by atomic mass is 10.2. The number of nitrogens with one attached hydrogen (secondary N) is 1. The van der Waals surface area contributed by atoms with Crippen molar-refractivity contribution in [3.05, 3.63) is 0 Å². The van der Waals surface area contributed by atoms with Crippen LogP contribution >= 0.6 is 0 Å². The van der Waals surface area contributed by atoms with E-state index in [1.807, 2.05) is 6.92 Å². The number of hydrogen-bond acceptors (Lipinski definition) is 3. The summed E-state index contributed by atoms with van der Waals surface area (Å²) in [6.45, 7) is 5.31. The molecular weight excluding hydrogens is 219 g/mol. The van der Waals surface area contributed by atoms with Crippen molar-refractivity contribution < 1.29 is 13.2 Å². The minimum Gasteiger partial charge on any atom is -0.307 e. The largest absolute Gasteiger partial charge is 0.401 e. The molecule has 1 rings (SSSR count). The van der Waals surface area contributed by atoms with E-state index in [2.05, 4.69) is 22.2 Å². The standard InChI is InChI=1S/C10H20F3N3/c1-9(7-14-8-10(11,12)13)16-5-3-15(2)4-6-16/h9,14H,3-8H2,1-2H3. The highest BCUT2D eigenvalue weighted by atomic mass is 19.4. The van der Waals surface area contributed by atoms with Crippen LogP contribution in [0.15, 0.2) is 0 Å². The summed E-state index contributed by atoms with van der Waals surface area (Å²) in [5.74, 6) is 0. The SMILES string of the molecule is CC(CNCC(F)(F)F)N1CCN(C)CC1. The molecule has 0 spiro atoms. The Hall–Kier alpha value is -0.330. The van der Waals surface area contributed by atoms with E-state index in [1.54, 1.807) is 0 Å². The molecule has 0 aromatic rings. The van der Waals surface area contributed by atoms with Gasteiger partial charge >= 0.3 is 6.18 Å². The Morgan fingerprint density at radius 2 is 1.75 bits per heavy atom. The average molecular weight is 239 g/mol. The summed E-state index contributed by atoms with van der Waals surface area (Å²) in [6.07, 6.45) is -4.11. The van der Waals surface area contributed by atoms with Gasteiger partial charge in [-0.2, -0.15) is 13.2 Å². The molecule has 3 nitrogen and oxygen atoms in total. The van der Waals surface area contributed by atoms with E-state index in [4.69, 9.17) is 0 Å². The van der Waals surface area contributed by atoms with Crippen LogP contribution in [0.3, 0.4) is 0 Å². The van der Waals surface area contributed by atoms with E-state index in [-0.39, 0.29) is 6.04 Å². The van der Waals surface area contributed by atoms with Crippen LogP contribution in [0.25, 0.3) is 0 Å². The second-order valence-corrected chi connectivity index (χ2v) is 4.43. The summed E-state index contributed by atoms with van der Waals surface area (Å²) in [7, 11) is 2.06. The predicted octanol–water partition coefficient (Wildman–Crippen LogP) is 0.774. The van der Waals surface area contributed by atoms with Gasteiger partial charge in [0.05, 0.1) is 6.54 Å². The molecule has 0 aromatic heterocycles. The normalized spacial score (nSPS) is 22.3. The van der Waals surface area contributed by atoms with E-state index < -0.39 is 12.7 Å². The smallest absolute Gasteiger partial charge is 0.307 e. The fourth-order valence-electron chi connectivity index (χ4n) is 1.81. The maximum absolute atomic E-state index is 11.9. The predicted molar refractivity (Wildman–Crippen MR) is 57.5 cm³/mol. The minimum atomic E-state index is -4.11. The van der Waals surface area contributed by atoms with E-state index in [0.29, 0.717) is 6.54 Å². The van der Waals surface area contributed by atoms with Crippen molar-refractivity contribution in [2.24, 2.45) is 0 Å². The molecule has 0 aromatic carbocycles. The first-order valence-corrected chi connectivity index (χ1v) is 5.58. The van der Waals surface area contributed by atoms with Gasteiger partial charge in [-0.15, -0.1) is 0 Å². The first-order chi connectivity index (χ1) is 7.38. The minimum absolute atomic E-state index is 0.163. The zero-order valence-corrected chi connectivity index (χ0v) is 9.85. The molecule has 1 unspecified atom stereocenters. The van der Waals surface area contributed by atoms with Crippen LogP contribution in [0.1, 0.15) is 6.92 Å². The van der Waals surface area contributed by atoms with Gasteiger partial charge < -0.3 is 10.2 Å². The number of hydrogen-bond donors (Lipinski definition) is 1. The monoisotopic (exact) mass is 239 g/mol. The Morgan fingerprint density at radius 3 is 2.25 bits per heavy atom. The molecule has 1 heterocycles. The van der Waals surface area contributed by atoms with Crippen molar-refractivity contribution in [3.63, 3.8) is 0 Å². The third kappa shape index (κ3) is 5.14. The Labute approximate surface area is 94.6 Å². The van der Waals surface area contributed by atoms with Gasteiger partial charge in [-0.1, -0.05) is 0 Å².